The highest BCUT2D eigenvalue weighted by Gasteiger charge is 2.33. The van der Waals surface area contributed by atoms with Crippen LogP contribution in [0.5, 0.6) is 0 Å². The van der Waals surface area contributed by atoms with Crippen LogP contribution in [0, 0.1) is 5.92 Å². The minimum absolute atomic E-state index is 0.643. The fourth-order valence-electron chi connectivity index (χ4n) is 3.36. The highest BCUT2D eigenvalue weighted by atomic mass is 14.9. The molecule has 1 nitrogen and oxygen atoms in total. The highest BCUT2D eigenvalue weighted by molar-refractivity contribution is 5.84. The molecule has 0 N–H and O–H groups in total. The second-order valence-corrected chi connectivity index (χ2v) is 5.41. The van der Waals surface area contributed by atoms with Crippen molar-refractivity contribution in [3.05, 3.63) is 71.4 Å². The zero-order chi connectivity index (χ0) is 12.7. The van der Waals surface area contributed by atoms with Gasteiger partial charge in [-0.05, 0) is 42.4 Å². The van der Waals surface area contributed by atoms with E-state index >= 15 is 0 Å². The van der Waals surface area contributed by atoms with E-state index in [0.717, 1.165) is 12.8 Å². The van der Waals surface area contributed by atoms with Crippen molar-refractivity contribution in [2.24, 2.45) is 5.92 Å². The first-order chi connectivity index (χ1) is 9.42. The van der Waals surface area contributed by atoms with E-state index in [1.807, 2.05) is 0 Å². The summed E-state index contributed by atoms with van der Waals surface area (Å²) in [6, 6.07) is 19.4. The molecular weight excluding hydrogens is 230 g/mol. The first kappa shape index (κ1) is 10.9. The Morgan fingerprint density at radius 1 is 0.947 bits per heavy atom. The van der Waals surface area contributed by atoms with Crippen molar-refractivity contribution in [2.45, 2.75) is 19.3 Å². The Labute approximate surface area is 114 Å². The molecule has 4 rings (SSSR count). The molecule has 0 aromatic heterocycles. The summed E-state index contributed by atoms with van der Waals surface area (Å²) in [6.45, 7) is 0. The predicted molar refractivity (Wildman–Crippen MR) is 78.0 cm³/mol. The number of fused-ring (bicyclic) bond motifs is 2. The third-order valence-corrected chi connectivity index (χ3v) is 4.22. The van der Waals surface area contributed by atoms with Crippen LogP contribution in [0.15, 0.2) is 60.3 Å². The molecule has 0 saturated heterocycles. The molecule has 0 saturated carbocycles. The summed E-state index contributed by atoms with van der Waals surface area (Å²) in [5, 5.41) is 4.79. The third kappa shape index (κ3) is 1.77. The van der Waals surface area contributed by atoms with Gasteiger partial charge in [-0.3, -0.25) is 5.32 Å². The normalized spacial score (nSPS) is 20.1. The number of para-hydroxylation sites is 1. The molecular formula is C18H16N. The molecule has 93 valence electrons. The fraction of sp³-hybridized carbons (Fsp3) is 0.222. The van der Waals surface area contributed by atoms with Crippen molar-refractivity contribution in [1.29, 1.82) is 0 Å². The van der Waals surface area contributed by atoms with Gasteiger partial charge in [0.2, 0.25) is 0 Å². The Morgan fingerprint density at radius 2 is 1.74 bits per heavy atom. The molecule has 2 aliphatic rings. The smallest absolute Gasteiger partial charge is 0.0708 e. The van der Waals surface area contributed by atoms with E-state index in [9.17, 15) is 0 Å². The molecule has 19 heavy (non-hydrogen) atoms. The van der Waals surface area contributed by atoms with Crippen molar-refractivity contribution in [1.82, 2.24) is 5.32 Å². The predicted octanol–water partition coefficient (Wildman–Crippen LogP) is 4.30. The van der Waals surface area contributed by atoms with E-state index in [4.69, 9.17) is 5.32 Å². The van der Waals surface area contributed by atoms with Crippen LogP contribution in [-0.2, 0) is 6.42 Å². The van der Waals surface area contributed by atoms with E-state index in [1.165, 1.54) is 34.5 Å². The van der Waals surface area contributed by atoms with E-state index in [2.05, 4.69) is 54.6 Å². The summed E-state index contributed by atoms with van der Waals surface area (Å²) in [4.78, 5) is 0. The van der Waals surface area contributed by atoms with Crippen LogP contribution in [0.2, 0.25) is 0 Å². The van der Waals surface area contributed by atoms with Crippen LogP contribution in [-0.4, -0.2) is 0 Å². The molecule has 0 fully saturated rings. The van der Waals surface area contributed by atoms with Gasteiger partial charge in [-0.2, -0.15) is 0 Å². The average molecular weight is 246 g/mol. The van der Waals surface area contributed by atoms with Crippen LogP contribution < -0.4 is 5.32 Å². The topological polar surface area (TPSA) is 14.1 Å². The maximum Gasteiger partial charge on any atom is 0.0708 e. The molecule has 1 aliphatic carbocycles. The van der Waals surface area contributed by atoms with Crippen molar-refractivity contribution in [2.75, 3.05) is 0 Å². The largest absolute Gasteiger partial charge is 0.253 e. The van der Waals surface area contributed by atoms with Gasteiger partial charge < -0.3 is 0 Å². The van der Waals surface area contributed by atoms with Gasteiger partial charge in [-0.25, -0.2) is 0 Å². The zero-order valence-electron chi connectivity index (χ0n) is 10.8. The average Bonchev–Trinajstić information content (AvgIpc) is 3.00. The monoisotopic (exact) mass is 246 g/mol. The lowest BCUT2D eigenvalue weighted by atomic mass is 9.89. The minimum Gasteiger partial charge on any atom is -0.253 e. The summed E-state index contributed by atoms with van der Waals surface area (Å²) in [7, 11) is 0. The second-order valence-electron chi connectivity index (χ2n) is 5.41. The first-order valence-corrected chi connectivity index (χ1v) is 7.00. The first-order valence-electron chi connectivity index (χ1n) is 7.00. The van der Waals surface area contributed by atoms with Gasteiger partial charge in [0, 0.05) is 11.3 Å². The lowest BCUT2D eigenvalue weighted by Crippen LogP contribution is -2.03. The number of hydrogen-bond acceptors (Lipinski definition) is 0. The third-order valence-electron chi connectivity index (χ3n) is 4.22. The molecule has 1 unspecified atom stereocenters. The molecule has 0 amide bonds. The summed E-state index contributed by atoms with van der Waals surface area (Å²) in [6.07, 6.45) is 3.53. The Bertz CT molecular complexity index is 640. The van der Waals surface area contributed by atoms with Crippen LogP contribution in [0.4, 0.5) is 5.69 Å². The summed E-state index contributed by atoms with van der Waals surface area (Å²) >= 11 is 0. The maximum absolute atomic E-state index is 4.79. The van der Waals surface area contributed by atoms with Gasteiger partial charge in [0.25, 0.3) is 0 Å². The van der Waals surface area contributed by atoms with E-state index in [1.54, 1.807) is 0 Å². The molecule has 1 atom stereocenters. The summed E-state index contributed by atoms with van der Waals surface area (Å²) < 4.78 is 0. The number of rotatable bonds is 2. The van der Waals surface area contributed by atoms with Crippen LogP contribution >= 0.6 is 0 Å². The SMILES string of the molecule is c1ccc(CC2CCC3=C2c2ccccc2[N]3)cc1. The molecule has 1 aliphatic heterocycles. The van der Waals surface area contributed by atoms with E-state index < -0.39 is 0 Å². The Hall–Kier alpha value is -2.02. The molecule has 2 aromatic rings. The van der Waals surface area contributed by atoms with Gasteiger partial charge in [-0.15, -0.1) is 0 Å². The van der Waals surface area contributed by atoms with Crippen molar-refractivity contribution in [3.63, 3.8) is 0 Å². The standard InChI is InChI=1S/C18H16N/c1-2-6-13(7-3-1)12-14-10-11-17-18(14)15-8-4-5-9-16(15)19-17/h1-9,14H,10-12H2. The van der Waals surface area contributed by atoms with Crippen LogP contribution in [0.3, 0.4) is 0 Å². The van der Waals surface area contributed by atoms with Gasteiger partial charge in [0.05, 0.1) is 5.69 Å². The van der Waals surface area contributed by atoms with Crippen molar-refractivity contribution in [3.8, 4) is 0 Å². The highest BCUT2D eigenvalue weighted by Crippen LogP contribution is 2.47. The molecule has 0 spiro atoms. The van der Waals surface area contributed by atoms with Crippen LogP contribution in [0.1, 0.15) is 24.0 Å². The Balaban J connectivity index is 1.66. The van der Waals surface area contributed by atoms with E-state index in [-0.39, 0.29) is 0 Å². The quantitative estimate of drug-likeness (QED) is 0.750. The number of hydrogen-bond donors (Lipinski definition) is 0. The molecule has 2 aromatic carbocycles. The number of allylic oxidation sites excluding steroid dienone is 2. The number of benzene rings is 2. The lowest BCUT2D eigenvalue weighted by molar-refractivity contribution is 0.635. The van der Waals surface area contributed by atoms with Crippen LogP contribution in [0.25, 0.3) is 5.57 Å². The van der Waals surface area contributed by atoms with Gasteiger partial charge in [0.15, 0.2) is 0 Å². The molecule has 1 heterocycles. The maximum atomic E-state index is 4.79. The Kier molecular flexibility index (Phi) is 2.44. The van der Waals surface area contributed by atoms with Crippen molar-refractivity contribution < 1.29 is 0 Å². The molecule has 0 bridgehead atoms. The second kappa shape index (κ2) is 4.27. The van der Waals surface area contributed by atoms with Gasteiger partial charge >= 0.3 is 0 Å². The molecule has 1 radical (unpaired) electrons. The number of nitrogens with zero attached hydrogens (tertiary/aromatic N) is 1. The minimum atomic E-state index is 0.643. The fourth-order valence-corrected chi connectivity index (χ4v) is 3.36. The lowest BCUT2D eigenvalue weighted by Gasteiger charge is -2.14. The molecule has 1 heteroatoms. The zero-order valence-corrected chi connectivity index (χ0v) is 10.8. The Morgan fingerprint density at radius 3 is 2.63 bits per heavy atom. The van der Waals surface area contributed by atoms with Gasteiger partial charge in [0.1, 0.15) is 0 Å². The van der Waals surface area contributed by atoms with Crippen molar-refractivity contribution >= 4 is 11.3 Å². The summed E-state index contributed by atoms with van der Waals surface area (Å²) in [5.41, 5.74) is 6.83. The van der Waals surface area contributed by atoms with Gasteiger partial charge in [-0.1, -0.05) is 48.5 Å². The van der Waals surface area contributed by atoms with E-state index in [0.29, 0.717) is 5.92 Å². The summed E-state index contributed by atoms with van der Waals surface area (Å²) in [5.74, 6) is 0.643.